The van der Waals surface area contributed by atoms with Gasteiger partial charge < -0.3 is 30.3 Å². The van der Waals surface area contributed by atoms with Crippen LogP contribution >= 0.6 is 0 Å². The van der Waals surface area contributed by atoms with Crippen LogP contribution in [-0.2, 0) is 15.6 Å². The molecule has 23 heavy (non-hydrogen) atoms. The summed E-state index contributed by atoms with van der Waals surface area (Å²) >= 11 is 0. The fraction of sp³-hybridized carbons (Fsp3) is 1.00. The molecular formula is C16H33O6S+. The van der Waals surface area contributed by atoms with Gasteiger partial charge in [0.25, 0.3) is 0 Å². The highest BCUT2D eigenvalue weighted by molar-refractivity contribution is 7.97. The summed E-state index contributed by atoms with van der Waals surface area (Å²) in [6.07, 6.45) is 2.25. The molecule has 0 aromatic rings. The molecule has 0 aromatic heterocycles. The number of unbranched alkanes of at least 4 members (excludes halogenated alkanes) is 4. The molecule has 138 valence electrons. The Morgan fingerprint density at radius 1 is 1.13 bits per heavy atom. The molecule has 1 rings (SSSR count). The predicted molar refractivity (Wildman–Crippen MR) is 91.6 cm³/mol. The molecule has 0 bridgehead atoms. The van der Waals surface area contributed by atoms with Gasteiger partial charge in [0.15, 0.2) is 5.25 Å². The van der Waals surface area contributed by atoms with E-state index in [-0.39, 0.29) is 13.2 Å². The van der Waals surface area contributed by atoms with E-state index in [1.54, 1.807) is 0 Å². The first kappa shape index (κ1) is 21.2. The Hall–Kier alpha value is 0.110. The largest absolute Gasteiger partial charge is 0.394 e. The number of hydrogen-bond donors (Lipinski definition) is 5. The van der Waals surface area contributed by atoms with Crippen molar-refractivity contribution < 1.29 is 30.3 Å². The van der Waals surface area contributed by atoms with E-state index in [0.717, 1.165) is 12.8 Å². The molecule has 5 N–H and O–H groups in total. The molecule has 6 nitrogen and oxygen atoms in total. The lowest BCUT2D eigenvalue weighted by atomic mass is 10.1. The molecule has 0 spiro atoms. The SMILES string of the molecule is CCCCCCCO[C@@H](CO)[C@H](O)C[S+]1C[C@@H](O)[C@H](O)[C@H]1CO. The fourth-order valence-electron chi connectivity index (χ4n) is 2.84. The first-order valence-corrected chi connectivity index (χ1v) is 10.2. The van der Waals surface area contributed by atoms with E-state index in [9.17, 15) is 25.5 Å². The third kappa shape index (κ3) is 6.86. The Morgan fingerprint density at radius 2 is 1.83 bits per heavy atom. The molecule has 0 radical (unpaired) electrons. The minimum Gasteiger partial charge on any atom is -0.394 e. The first-order valence-electron chi connectivity index (χ1n) is 8.58. The summed E-state index contributed by atoms with van der Waals surface area (Å²) in [5, 5.41) is 48.1. The molecule has 0 amide bonds. The van der Waals surface area contributed by atoms with Crippen LogP contribution in [0.1, 0.15) is 39.0 Å². The molecule has 1 aliphatic rings. The van der Waals surface area contributed by atoms with E-state index in [4.69, 9.17) is 4.74 Å². The Bertz CT molecular complexity index is 306. The van der Waals surface area contributed by atoms with Gasteiger partial charge in [0.2, 0.25) is 0 Å². The zero-order chi connectivity index (χ0) is 17.2. The van der Waals surface area contributed by atoms with E-state index in [1.807, 2.05) is 0 Å². The number of ether oxygens (including phenoxy) is 1. The van der Waals surface area contributed by atoms with E-state index in [0.29, 0.717) is 18.1 Å². The van der Waals surface area contributed by atoms with Crippen molar-refractivity contribution in [1.29, 1.82) is 0 Å². The Morgan fingerprint density at radius 3 is 2.43 bits per heavy atom. The lowest BCUT2D eigenvalue weighted by Gasteiger charge is -2.22. The van der Waals surface area contributed by atoms with Crippen molar-refractivity contribution in [2.45, 2.75) is 68.7 Å². The molecule has 7 heteroatoms. The zero-order valence-corrected chi connectivity index (χ0v) is 14.8. The van der Waals surface area contributed by atoms with Crippen LogP contribution in [0, 0.1) is 0 Å². The number of aliphatic hydroxyl groups excluding tert-OH is 5. The quantitative estimate of drug-likeness (QED) is 0.237. The normalized spacial score (nSPS) is 30.5. The summed E-state index contributed by atoms with van der Waals surface area (Å²) in [6.45, 7) is 2.19. The highest BCUT2D eigenvalue weighted by Gasteiger charge is 2.50. The topological polar surface area (TPSA) is 110 Å². The summed E-state index contributed by atoms with van der Waals surface area (Å²) in [4.78, 5) is 0. The second-order valence-corrected chi connectivity index (χ2v) is 8.57. The summed E-state index contributed by atoms with van der Waals surface area (Å²) < 4.78 is 5.58. The van der Waals surface area contributed by atoms with Crippen LogP contribution in [0.5, 0.6) is 0 Å². The van der Waals surface area contributed by atoms with Gasteiger partial charge in [0, 0.05) is 17.5 Å². The van der Waals surface area contributed by atoms with E-state index < -0.39 is 40.6 Å². The minimum absolute atomic E-state index is 0.212. The maximum Gasteiger partial charge on any atom is 0.169 e. The molecule has 0 aliphatic carbocycles. The van der Waals surface area contributed by atoms with Gasteiger partial charge in [-0.25, -0.2) is 0 Å². The average molecular weight is 354 g/mol. The third-order valence-electron chi connectivity index (χ3n) is 4.34. The van der Waals surface area contributed by atoms with Crippen LogP contribution in [0.3, 0.4) is 0 Å². The van der Waals surface area contributed by atoms with Gasteiger partial charge in [0.05, 0.1) is 13.2 Å². The van der Waals surface area contributed by atoms with Crippen molar-refractivity contribution in [3.05, 3.63) is 0 Å². The van der Waals surface area contributed by atoms with Gasteiger partial charge in [0.1, 0.15) is 35.9 Å². The summed E-state index contributed by atoms with van der Waals surface area (Å²) in [6, 6.07) is 0. The summed E-state index contributed by atoms with van der Waals surface area (Å²) in [5.74, 6) is 0.693. The maximum atomic E-state index is 10.3. The molecule has 1 saturated heterocycles. The van der Waals surface area contributed by atoms with Crippen LogP contribution < -0.4 is 0 Å². The van der Waals surface area contributed by atoms with Crippen molar-refractivity contribution in [2.24, 2.45) is 0 Å². The highest BCUT2D eigenvalue weighted by Crippen LogP contribution is 2.25. The van der Waals surface area contributed by atoms with Gasteiger partial charge in [-0.3, -0.25) is 0 Å². The van der Waals surface area contributed by atoms with Crippen LogP contribution in [0.4, 0.5) is 0 Å². The summed E-state index contributed by atoms with van der Waals surface area (Å²) in [7, 11) is -0.480. The van der Waals surface area contributed by atoms with E-state index in [2.05, 4.69) is 6.92 Å². The van der Waals surface area contributed by atoms with Crippen molar-refractivity contribution in [3.8, 4) is 0 Å². The van der Waals surface area contributed by atoms with Gasteiger partial charge in [-0.1, -0.05) is 32.6 Å². The lowest BCUT2D eigenvalue weighted by molar-refractivity contribution is -0.0555. The maximum absolute atomic E-state index is 10.3. The number of aliphatic hydroxyl groups is 5. The Balaban J connectivity index is 2.34. The molecule has 1 unspecified atom stereocenters. The summed E-state index contributed by atoms with van der Waals surface area (Å²) in [5.41, 5.74) is 0. The van der Waals surface area contributed by atoms with Crippen molar-refractivity contribution in [2.75, 3.05) is 31.3 Å². The predicted octanol–water partition coefficient (Wildman–Crippen LogP) is -0.590. The van der Waals surface area contributed by atoms with Crippen LogP contribution in [0.15, 0.2) is 0 Å². The molecular weight excluding hydrogens is 320 g/mol. The van der Waals surface area contributed by atoms with Crippen molar-refractivity contribution in [3.63, 3.8) is 0 Å². The third-order valence-corrected chi connectivity index (χ3v) is 7.17. The van der Waals surface area contributed by atoms with E-state index >= 15 is 0 Å². The van der Waals surface area contributed by atoms with Crippen molar-refractivity contribution in [1.82, 2.24) is 0 Å². The Labute approximate surface area is 141 Å². The van der Waals surface area contributed by atoms with E-state index in [1.165, 1.54) is 19.3 Å². The van der Waals surface area contributed by atoms with Gasteiger partial charge >= 0.3 is 0 Å². The fourth-order valence-corrected chi connectivity index (χ4v) is 5.55. The van der Waals surface area contributed by atoms with Crippen LogP contribution in [0.2, 0.25) is 0 Å². The molecule has 1 aliphatic heterocycles. The van der Waals surface area contributed by atoms with Crippen LogP contribution in [0.25, 0.3) is 0 Å². The Kier molecular flexibility index (Phi) is 10.7. The first-order chi connectivity index (χ1) is 11.0. The second kappa shape index (κ2) is 11.6. The zero-order valence-electron chi connectivity index (χ0n) is 14.0. The van der Waals surface area contributed by atoms with Crippen LogP contribution in [-0.4, -0.2) is 86.5 Å². The average Bonchev–Trinajstić information content (AvgIpc) is 2.80. The second-order valence-electron chi connectivity index (χ2n) is 6.22. The minimum atomic E-state index is -0.942. The number of hydrogen-bond acceptors (Lipinski definition) is 6. The molecule has 0 aromatic carbocycles. The van der Waals surface area contributed by atoms with Crippen molar-refractivity contribution >= 4 is 10.9 Å². The van der Waals surface area contributed by atoms with Gasteiger partial charge in [-0.2, -0.15) is 0 Å². The van der Waals surface area contributed by atoms with Gasteiger partial charge in [-0.05, 0) is 6.42 Å². The smallest absolute Gasteiger partial charge is 0.169 e. The molecule has 1 fully saturated rings. The standard InChI is InChI=1S/C16H33O6S/c1-2-3-4-5-6-7-22-14(8-17)12(19)10-23-11-13(20)16(21)15(23)9-18/h12-21H,2-11H2,1H3/q+1/t12-,13-,14+,15-,16+,23?/m1/s1. The van der Waals surface area contributed by atoms with Gasteiger partial charge in [-0.15, -0.1) is 0 Å². The number of rotatable bonds is 12. The molecule has 0 saturated carbocycles. The highest BCUT2D eigenvalue weighted by atomic mass is 32.2. The molecule has 1 heterocycles. The monoisotopic (exact) mass is 353 g/mol. The molecule has 6 atom stereocenters. The lowest BCUT2D eigenvalue weighted by Crippen LogP contribution is -2.42.